The number of hydrogen-bond donors (Lipinski definition) is 1. The Balaban J connectivity index is 4.37. The third-order valence-corrected chi connectivity index (χ3v) is 10.5. The van der Waals surface area contributed by atoms with E-state index in [2.05, 4.69) is 32.1 Å². The molecule has 10 heteroatoms. The van der Waals surface area contributed by atoms with E-state index in [1.807, 2.05) is 51.5 Å². The number of phosphoric ester groups is 1. The second-order valence-corrected chi connectivity index (χ2v) is 17.6. The summed E-state index contributed by atoms with van der Waals surface area (Å²) in [5.41, 5.74) is 0. The molecular formula is C46H85NO8P+. The van der Waals surface area contributed by atoms with Crippen LogP contribution in [0.15, 0.2) is 48.6 Å². The highest BCUT2D eigenvalue weighted by Gasteiger charge is 2.27. The van der Waals surface area contributed by atoms with Crippen LogP contribution in [0.1, 0.15) is 181 Å². The van der Waals surface area contributed by atoms with Crippen LogP contribution >= 0.6 is 7.82 Å². The first-order chi connectivity index (χ1) is 27.0. The molecule has 0 aromatic heterocycles. The van der Waals surface area contributed by atoms with Crippen LogP contribution in [0.5, 0.6) is 0 Å². The third kappa shape index (κ3) is 41.6. The van der Waals surface area contributed by atoms with Crippen LogP contribution in [0, 0.1) is 0 Å². The highest BCUT2D eigenvalue weighted by Crippen LogP contribution is 2.43. The molecule has 0 aromatic carbocycles. The Hall–Kier alpha value is -2.03. The van der Waals surface area contributed by atoms with Crippen molar-refractivity contribution in [2.75, 3.05) is 47.5 Å². The van der Waals surface area contributed by atoms with Gasteiger partial charge in [-0.2, -0.15) is 0 Å². The maximum Gasteiger partial charge on any atom is 0.472 e. The van der Waals surface area contributed by atoms with E-state index < -0.39 is 26.5 Å². The molecule has 1 N–H and O–H groups in total. The number of carbonyl (C=O) groups excluding carboxylic acids is 2. The summed E-state index contributed by atoms with van der Waals surface area (Å²) in [4.78, 5) is 35.4. The lowest BCUT2D eigenvalue weighted by molar-refractivity contribution is -0.870. The fourth-order valence-electron chi connectivity index (χ4n) is 5.97. The number of esters is 2. The fourth-order valence-corrected chi connectivity index (χ4v) is 6.71. The van der Waals surface area contributed by atoms with Crippen molar-refractivity contribution in [3.8, 4) is 0 Å². The van der Waals surface area contributed by atoms with E-state index in [-0.39, 0.29) is 32.0 Å². The number of allylic oxidation sites excluding steroid dienone is 8. The van der Waals surface area contributed by atoms with Gasteiger partial charge in [-0.15, -0.1) is 0 Å². The van der Waals surface area contributed by atoms with Crippen molar-refractivity contribution < 1.29 is 42.1 Å². The Morgan fingerprint density at radius 1 is 0.571 bits per heavy atom. The van der Waals surface area contributed by atoms with E-state index in [0.29, 0.717) is 23.9 Å². The summed E-state index contributed by atoms with van der Waals surface area (Å²) in [5.74, 6) is -0.823. The summed E-state index contributed by atoms with van der Waals surface area (Å²) >= 11 is 0. The number of nitrogens with zero attached hydrogens (tertiary/aromatic N) is 1. The summed E-state index contributed by atoms with van der Waals surface area (Å²) in [6, 6.07) is 0. The molecule has 0 bridgehead atoms. The fraction of sp³-hybridized carbons (Fsp3) is 0.783. The lowest BCUT2D eigenvalue weighted by Crippen LogP contribution is -2.37. The first-order valence-electron chi connectivity index (χ1n) is 22.4. The summed E-state index contributed by atoms with van der Waals surface area (Å²) in [7, 11) is 1.46. The van der Waals surface area contributed by atoms with E-state index in [4.69, 9.17) is 18.5 Å². The highest BCUT2D eigenvalue weighted by atomic mass is 31.2. The Morgan fingerprint density at radius 2 is 1.02 bits per heavy atom. The minimum Gasteiger partial charge on any atom is -0.462 e. The van der Waals surface area contributed by atoms with Crippen LogP contribution in [0.4, 0.5) is 0 Å². The van der Waals surface area contributed by atoms with Gasteiger partial charge in [-0.1, -0.05) is 184 Å². The van der Waals surface area contributed by atoms with Crippen molar-refractivity contribution in [1.29, 1.82) is 0 Å². The van der Waals surface area contributed by atoms with Crippen molar-refractivity contribution in [3.63, 3.8) is 0 Å². The van der Waals surface area contributed by atoms with Gasteiger partial charge in [0.25, 0.3) is 0 Å². The van der Waals surface area contributed by atoms with Crippen LogP contribution in [-0.4, -0.2) is 74.9 Å². The normalized spacial score (nSPS) is 14.0. The van der Waals surface area contributed by atoms with E-state index in [9.17, 15) is 19.0 Å². The molecular weight excluding hydrogens is 725 g/mol. The van der Waals surface area contributed by atoms with Crippen molar-refractivity contribution in [2.45, 2.75) is 187 Å². The highest BCUT2D eigenvalue weighted by molar-refractivity contribution is 7.47. The maximum absolute atomic E-state index is 12.7. The quantitative estimate of drug-likeness (QED) is 0.0214. The van der Waals surface area contributed by atoms with E-state index >= 15 is 0 Å². The van der Waals surface area contributed by atoms with Gasteiger partial charge in [0.2, 0.25) is 0 Å². The van der Waals surface area contributed by atoms with Crippen molar-refractivity contribution in [1.82, 2.24) is 0 Å². The number of ether oxygens (including phenoxy) is 2. The SMILES string of the molecule is CC/C=C/C=C/C=C/C=C/CCCCCCCC(=O)OC[C@H](COP(=O)(O)OCC[N+](C)(C)C)OC(=O)CCCCCCCCCCCCCCCCCCC. The van der Waals surface area contributed by atoms with Crippen LogP contribution in [0.25, 0.3) is 0 Å². The Kier molecular flexibility index (Phi) is 37.1. The van der Waals surface area contributed by atoms with Gasteiger partial charge in [-0.05, 0) is 32.1 Å². The van der Waals surface area contributed by atoms with Crippen molar-refractivity contribution in [2.24, 2.45) is 0 Å². The van der Waals surface area contributed by atoms with Crippen molar-refractivity contribution in [3.05, 3.63) is 48.6 Å². The van der Waals surface area contributed by atoms with E-state index in [1.54, 1.807) is 0 Å². The molecule has 0 aliphatic heterocycles. The molecule has 0 saturated carbocycles. The van der Waals surface area contributed by atoms with Gasteiger partial charge in [0.05, 0.1) is 27.7 Å². The average Bonchev–Trinajstić information content (AvgIpc) is 3.15. The van der Waals surface area contributed by atoms with Gasteiger partial charge >= 0.3 is 19.8 Å². The molecule has 0 heterocycles. The monoisotopic (exact) mass is 811 g/mol. The third-order valence-electron chi connectivity index (χ3n) is 9.47. The second kappa shape index (κ2) is 38.5. The minimum absolute atomic E-state index is 0.0271. The standard InChI is InChI=1S/C46H84NO8P/c1-6-8-10-12-14-16-18-20-22-23-25-27-29-31-33-35-37-39-46(49)55-44(43-54-56(50,51)53-41-40-47(3,4)5)42-52-45(48)38-36-34-32-30-28-26-24-21-19-17-15-13-11-9-7-2/h9,11,13,15,17,19,21,24,44H,6-8,10,12,14,16,18,20,22-23,25-43H2,1-5H3/p+1/b11-9+,15-13+,19-17+,24-21+/t44-/m1/s1. The maximum atomic E-state index is 12.7. The summed E-state index contributed by atoms with van der Waals surface area (Å²) in [6.07, 6.45) is 44.4. The Labute approximate surface area is 343 Å². The number of rotatable bonds is 40. The molecule has 0 amide bonds. The molecule has 56 heavy (non-hydrogen) atoms. The summed E-state index contributed by atoms with van der Waals surface area (Å²) in [5, 5.41) is 0. The van der Waals surface area contributed by atoms with Crippen LogP contribution < -0.4 is 0 Å². The largest absolute Gasteiger partial charge is 0.472 e. The Morgan fingerprint density at radius 3 is 1.52 bits per heavy atom. The van der Waals surface area contributed by atoms with Crippen LogP contribution in [0.3, 0.4) is 0 Å². The van der Waals surface area contributed by atoms with Crippen molar-refractivity contribution >= 4 is 19.8 Å². The van der Waals surface area contributed by atoms with Crippen LogP contribution in [0.2, 0.25) is 0 Å². The van der Waals surface area contributed by atoms with Gasteiger partial charge in [0.15, 0.2) is 6.10 Å². The molecule has 9 nitrogen and oxygen atoms in total. The van der Waals surface area contributed by atoms with Gasteiger partial charge in [0, 0.05) is 12.8 Å². The molecule has 0 aromatic rings. The first kappa shape index (κ1) is 54.0. The number of unbranched alkanes of at least 4 members (excludes halogenated alkanes) is 21. The smallest absolute Gasteiger partial charge is 0.462 e. The zero-order chi connectivity index (χ0) is 41.4. The van der Waals surface area contributed by atoms with E-state index in [1.165, 1.54) is 89.9 Å². The molecule has 326 valence electrons. The molecule has 0 fully saturated rings. The lowest BCUT2D eigenvalue weighted by atomic mass is 10.0. The molecule has 0 spiro atoms. The van der Waals surface area contributed by atoms with Gasteiger partial charge in [-0.25, -0.2) is 4.57 Å². The molecule has 1 unspecified atom stereocenters. The van der Waals surface area contributed by atoms with Crippen LogP contribution in [-0.2, 0) is 32.7 Å². The minimum atomic E-state index is -4.38. The van der Waals surface area contributed by atoms with E-state index in [0.717, 1.165) is 51.4 Å². The first-order valence-corrected chi connectivity index (χ1v) is 23.9. The van der Waals surface area contributed by atoms with Gasteiger partial charge in [0.1, 0.15) is 19.8 Å². The molecule has 0 radical (unpaired) electrons. The molecule has 2 atom stereocenters. The molecule has 0 saturated heterocycles. The zero-order valence-corrected chi connectivity index (χ0v) is 37.5. The zero-order valence-electron chi connectivity index (χ0n) is 36.6. The number of carbonyl (C=O) groups is 2. The second-order valence-electron chi connectivity index (χ2n) is 16.2. The number of hydrogen-bond acceptors (Lipinski definition) is 7. The molecule has 0 aliphatic rings. The summed E-state index contributed by atoms with van der Waals surface area (Å²) < 4.78 is 34.3. The number of phosphoric acid groups is 1. The predicted octanol–water partition coefficient (Wildman–Crippen LogP) is 12.7. The summed E-state index contributed by atoms with van der Waals surface area (Å²) in [6.45, 7) is 4.26. The molecule has 0 aliphatic carbocycles. The lowest BCUT2D eigenvalue weighted by Gasteiger charge is -2.24. The predicted molar refractivity (Wildman–Crippen MR) is 233 cm³/mol. The van der Waals surface area contributed by atoms with Gasteiger partial charge < -0.3 is 18.9 Å². The average molecular weight is 811 g/mol. The number of likely N-dealkylation sites (N-methyl/N-ethyl adjacent to an activating group) is 1. The Bertz CT molecular complexity index is 1100. The molecule has 0 rings (SSSR count). The topological polar surface area (TPSA) is 108 Å². The number of quaternary nitrogens is 1. The van der Waals surface area contributed by atoms with Gasteiger partial charge in [-0.3, -0.25) is 18.6 Å².